The van der Waals surface area contributed by atoms with Crippen LogP contribution < -0.4 is 5.32 Å². The second-order valence-corrected chi connectivity index (χ2v) is 5.19. The molecule has 1 amide bonds. The summed E-state index contributed by atoms with van der Waals surface area (Å²) in [6.45, 7) is 6.79. The summed E-state index contributed by atoms with van der Waals surface area (Å²) < 4.78 is 0. The van der Waals surface area contributed by atoms with Gasteiger partial charge in [-0.3, -0.25) is 4.79 Å². The summed E-state index contributed by atoms with van der Waals surface area (Å²) in [6.07, 6.45) is 1.47. The van der Waals surface area contributed by atoms with E-state index in [2.05, 4.69) is 30.4 Å². The minimum absolute atomic E-state index is 0.171. The third-order valence-electron chi connectivity index (χ3n) is 3.03. The quantitative estimate of drug-likeness (QED) is 0.853. The molecular formula is C16H22N2O. The average molecular weight is 258 g/mol. The minimum atomic E-state index is -0.605. The third kappa shape index (κ3) is 5.13. The lowest BCUT2D eigenvalue weighted by molar-refractivity contribution is -0.123. The molecule has 0 radical (unpaired) electrons. The number of carbonyl (C=O) groups excluding carboxylic acids is 1. The van der Waals surface area contributed by atoms with Crippen molar-refractivity contribution >= 4 is 5.91 Å². The van der Waals surface area contributed by atoms with Gasteiger partial charge in [0.25, 0.3) is 0 Å². The summed E-state index contributed by atoms with van der Waals surface area (Å²) in [5.74, 6) is -0.380. The van der Waals surface area contributed by atoms with Crippen molar-refractivity contribution in [3.8, 4) is 6.07 Å². The molecule has 0 aliphatic carbocycles. The molecule has 1 aromatic carbocycles. The number of nitrogens with one attached hydrogen (secondary N) is 1. The van der Waals surface area contributed by atoms with Gasteiger partial charge in [-0.25, -0.2) is 0 Å². The van der Waals surface area contributed by atoms with E-state index < -0.39 is 5.92 Å². The lowest BCUT2D eigenvalue weighted by atomic mass is 9.98. The number of rotatable bonds is 6. The highest BCUT2D eigenvalue weighted by Gasteiger charge is 2.18. The summed E-state index contributed by atoms with van der Waals surface area (Å²) in [6, 6.07) is 10.2. The fourth-order valence-electron chi connectivity index (χ4n) is 1.77. The van der Waals surface area contributed by atoms with Gasteiger partial charge < -0.3 is 5.32 Å². The van der Waals surface area contributed by atoms with Crippen LogP contribution in [0, 0.1) is 23.2 Å². The zero-order valence-electron chi connectivity index (χ0n) is 11.9. The van der Waals surface area contributed by atoms with Gasteiger partial charge in [0, 0.05) is 6.54 Å². The van der Waals surface area contributed by atoms with Crippen LogP contribution in [0.4, 0.5) is 0 Å². The molecule has 0 heterocycles. The highest BCUT2D eigenvalue weighted by atomic mass is 16.1. The van der Waals surface area contributed by atoms with Gasteiger partial charge in [0.2, 0.25) is 5.91 Å². The maximum Gasteiger partial charge on any atom is 0.237 e. The molecule has 0 spiro atoms. The summed E-state index contributed by atoms with van der Waals surface area (Å²) in [7, 11) is 0. The normalized spacial score (nSPS) is 11.9. The third-order valence-corrected chi connectivity index (χ3v) is 3.03. The fraction of sp³-hybridized carbons (Fsp3) is 0.500. The van der Waals surface area contributed by atoms with Crippen molar-refractivity contribution in [2.24, 2.45) is 11.8 Å². The Labute approximate surface area is 115 Å². The van der Waals surface area contributed by atoms with E-state index in [0.717, 1.165) is 12.0 Å². The van der Waals surface area contributed by atoms with Crippen LogP contribution in [-0.4, -0.2) is 12.5 Å². The Bertz CT molecular complexity index is 443. The van der Waals surface area contributed by atoms with Crippen molar-refractivity contribution in [3.05, 3.63) is 35.4 Å². The van der Waals surface area contributed by atoms with E-state index in [1.807, 2.05) is 26.0 Å². The standard InChI is InChI=1S/C16H22N2O/c1-4-13-5-7-14(8-6-13)9-15(10-17)16(19)18-11-12(2)3/h5-8,12,15H,4,9,11H2,1-3H3,(H,18,19). The Morgan fingerprint density at radius 3 is 2.32 bits per heavy atom. The van der Waals surface area contributed by atoms with Crippen LogP contribution in [0.15, 0.2) is 24.3 Å². The van der Waals surface area contributed by atoms with Crippen LogP contribution in [0.1, 0.15) is 31.9 Å². The van der Waals surface area contributed by atoms with Gasteiger partial charge >= 0.3 is 0 Å². The summed E-state index contributed by atoms with van der Waals surface area (Å²) >= 11 is 0. The molecule has 1 atom stereocenters. The van der Waals surface area contributed by atoms with E-state index >= 15 is 0 Å². The number of nitrogens with zero attached hydrogens (tertiary/aromatic N) is 1. The molecule has 1 unspecified atom stereocenters. The highest BCUT2D eigenvalue weighted by molar-refractivity contribution is 5.81. The topological polar surface area (TPSA) is 52.9 Å². The molecule has 3 heteroatoms. The minimum Gasteiger partial charge on any atom is -0.355 e. The number of hydrogen-bond acceptors (Lipinski definition) is 2. The first-order chi connectivity index (χ1) is 9.06. The Morgan fingerprint density at radius 1 is 1.26 bits per heavy atom. The van der Waals surface area contributed by atoms with Crippen LogP contribution in [0.25, 0.3) is 0 Å². The molecule has 0 bridgehead atoms. The molecular weight excluding hydrogens is 236 g/mol. The summed E-state index contributed by atoms with van der Waals surface area (Å²) in [4.78, 5) is 11.9. The average Bonchev–Trinajstić information content (AvgIpc) is 2.42. The van der Waals surface area contributed by atoms with Crippen LogP contribution in [0.5, 0.6) is 0 Å². The first-order valence-corrected chi connectivity index (χ1v) is 6.82. The van der Waals surface area contributed by atoms with Crippen molar-refractivity contribution in [2.45, 2.75) is 33.6 Å². The molecule has 0 saturated heterocycles. The molecule has 102 valence electrons. The zero-order valence-corrected chi connectivity index (χ0v) is 11.9. The van der Waals surface area contributed by atoms with Gasteiger partial charge in [0.05, 0.1) is 6.07 Å². The Kier molecular flexibility index (Phi) is 6.08. The Hall–Kier alpha value is -1.82. The number of amides is 1. The smallest absolute Gasteiger partial charge is 0.237 e. The molecule has 3 nitrogen and oxygen atoms in total. The first kappa shape index (κ1) is 15.2. The molecule has 0 saturated carbocycles. The van der Waals surface area contributed by atoms with Gasteiger partial charge in [-0.15, -0.1) is 0 Å². The maximum atomic E-state index is 11.9. The van der Waals surface area contributed by atoms with Gasteiger partial charge in [0.15, 0.2) is 0 Å². The Morgan fingerprint density at radius 2 is 1.84 bits per heavy atom. The van der Waals surface area contributed by atoms with E-state index in [0.29, 0.717) is 18.9 Å². The summed E-state index contributed by atoms with van der Waals surface area (Å²) in [5.41, 5.74) is 2.30. The van der Waals surface area contributed by atoms with Crippen molar-refractivity contribution in [2.75, 3.05) is 6.54 Å². The molecule has 0 fully saturated rings. The van der Waals surface area contributed by atoms with Gasteiger partial charge in [-0.05, 0) is 29.9 Å². The number of nitriles is 1. The fourth-order valence-corrected chi connectivity index (χ4v) is 1.77. The monoisotopic (exact) mass is 258 g/mol. The maximum absolute atomic E-state index is 11.9. The molecule has 0 aliphatic heterocycles. The lowest BCUT2D eigenvalue weighted by Crippen LogP contribution is -2.33. The number of benzene rings is 1. The molecule has 1 rings (SSSR count). The van der Waals surface area contributed by atoms with E-state index in [9.17, 15) is 4.79 Å². The van der Waals surface area contributed by atoms with Crippen molar-refractivity contribution in [1.82, 2.24) is 5.32 Å². The number of carbonyl (C=O) groups is 1. The Balaban J connectivity index is 2.60. The molecule has 0 aromatic heterocycles. The van der Waals surface area contributed by atoms with Crippen LogP contribution in [0.3, 0.4) is 0 Å². The number of hydrogen-bond donors (Lipinski definition) is 1. The second kappa shape index (κ2) is 7.58. The van der Waals surface area contributed by atoms with Gasteiger partial charge in [0.1, 0.15) is 5.92 Å². The molecule has 0 aliphatic rings. The molecule has 1 aromatic rings. The van der Waals surface area contributed by atoms with Gasteiger partial charge in [-0.1, -0.05) is 45.0 Å². The van der Waals surface area contributed by atoms with Gasteiger partial charge in [-0.2, -0.15) is 5.26 Å². The van der Waals surface area contributed by atoms with Crippen LogP contribution >= 0.6 is 0 Å². The molecule has 1 N–H and O–H groups in total. The SMILES string of the molecule is CCc1ccc(CC(C#N)C(=O)NCC(C)C)cc1. The van der Waals surface area contributed by atoms with Crippen molar-refractivity contribution in [1.29, 1.82) is 5.26 Å². The molecule has 19 heavy (non-hydrogen) atoms. The van der Waals surface area contributed by atoms with E-state index in [4.69, 9.17) is 5.26 Å². The van der Waals surface area contributed by atoms with Crippen molar-refractivity contribution in [3.63, 3.8) is 0 Å². The zero-order chi connectivity index (χ0) is 14.3. The van der Waals surface area contributed by atoms with Crippen LogP contribution in [0.2, 0.25) is 0 Å². The summed E-state index contributed by atoms with van der Waals surface area (Å²) in [5, 5.41) is 11.9. The predicted molar refractivity (Wildman–Crippen MR) is 76.5 cm³/mol. The predicted octanol–water partition coefficient (Wildman–Crippen LogP) is 2.70. The van der Waals surface area contributed by atoms with Crippen molar-refractivity contribution < 1.29 is 4.79 Å². The lowest BCUT2D eigenvalue weighted by Gasteiger charge is -2.12. The second-order valence-electron chi connectivity index (χ2n) is 5.19. The van der Waals surface area contributed by atoms with E-state index in [-0.39, 0.29) is 5.91 Å². The highest BCUT2D eigenvalue weighted by Crippen LogP contribution is 2.11. The van der Waals surface area contributed by atoms with E-state index in [1.54, 1.807) is 0 Å². The first-order valence-electron chi connectivity index (χ1n) is 6.82. The van der Waals surface area contributed by atoms with Crippen LogP contribution in [-0.2, 0) is 17.6 Å². The number of aryl methyl sites for hydroxylation is 1. The largest absolute Gasteiger partial charge is 0.355 e. The van der Waals surface area contributed by atoms with E-state index in [1.165, 1.54) is 5.56 Å².